The molecule has 1 saturated heterocycles. The zero-order chi connectivity index (χ0) is 15.3. The van der Waals surface area contributed by atoms with Gasteiger partial charge in [0.2, 0.25) is 5.91 Å². The van der Waals surface area contributed by atoms with Crippen molar-refractivity contribution >= 4 is 23.2 Å². The van der Waals surface area contributed by atoms with E-state index in [1.54, 1.807) is 7.11 Å². The molecule has 8 heteroatoms. The van der Waals surface area contributed by atoms with Gasteiger partial charge in [-0.05, 0) is 25.9 Å². The van der Waals surface area contributed by atoms with Crippen molar-refractivity contribution in [3.05, 3.63) is 16.1 Å². The molecule has 0 bridgehead atoms. The smallest absolute Gasteiger partial charge is 0.355 e. The highest BCUT2D eigenvalue weighted by Gasteiger charge is 2.39. The highest BCUT2D eigenvalue weighted by atomic mass is 32.1. The number of ether oxygens (including phenoxy) is 1. The fraction of sp³-hybridized carbons (Fsp3) is 0.615. The van der Waals surface area contributed by atoms with Crippen molar-refractivity contribution in [1.29, 1.82) is 0 Å². The van der Waals surface area contributed by atoms with Crippen LogP contribution in [-0.4, -0.2) is 48.8 Å². The number of carboxylic acid groups (broad SMARTS) is 1. The van der Waals surface area contributed by atoms with Gasteiger partial charge in [0.05, 0.1) is 18.6 Å². The molecule has 0 spiro atoms. The second-order valence-electron chi connectivity index (χ2n) is 5.08. The van der Waals surface area contributed by atoms with Crippen molar-refractivity contribution in [2.45, 2.75) is 19.4 Å². The first-order valence-electron chi connectivity index (χ1n) is 6.73. The maximum atomic E-state index is 12.5. The highest BCUT2D eigenvalue weighted by molar-refractivity contribution is 7.09. The second-order valence-corrected chi connectivity index (χ2v) is 6.02. The Morgan fingerprint density at radius 2 is 2.24 bits per heavy atom. The Hall–Kier alpha value is -1.51. The van der Waals surface area contributed by atoms with Crippen LogP contribution in [0, 0.1) is 5.41 Å². The number of rotatable bonds is 6. The first-order chi connectivity index (χ1) is 10.1. The van der Waals surface area contributed by atoms with E-state index in [1.165, 1.54) is 16.7 Å². The molecule has 1 aromatic rings. The van der Waals surface area contributed by atoms with E-state index in [1.807, 2.05) is 0 Å². The summed E-state index contributed by atoms with van der Waals surface area (Å²) in [7, 11) is 1.59. The van der Waals surface area contributed by atoms with Crippen LogP contribution >= 0.6 is 11.3 Å². The Bertz CT molecular complexity index is 506. The summed E-state index contributed by atoms with van der Waals surface area (Å²) in [5.74, 6) is -1.11. The summed E-state index contributed by atoms with van der Waals surface area (Å²) >= 11 is 1.23. The molecule has 116 valence electrons. The molecule has 2 rings (SSSR count). The monoisotopic (exact) mass is 313 g/mol. The maximum Gasteiger partial charge on any atom is 0.355 e. The Morgan fingerprint density at radius 3 is 2.81 bits per heavy atom. The number of aromatic nitrogens is 1. The predicted molar refractivity (Wildman–Crippen MR) is 77.3 cm³/mol. The Morgan fingerprint density at radius 1 is 1.52 bits per heavy atom. The quantitative estimate of drug-likeness (QED) is 0.706. The van der Waals surface area contributed by atoms with Gasteiger partial charge in [-0.2, -0.15) is 0 Å². The number of hydrogen-bond donors (Lipinski definition) is 3. The molecule has 1 fully saturated rings. The number of amides is 1. The third kappa shape index (κ3) is 3.78. The van der Waals surface area contributed by atoms with Gasteiger partial charge in [0.1, 0.15) is 5.01 Å². The van der Waals surface area contributed by atoms with Gasteiger partial charge in [-0.3, -0.25) is 4.79 Å². The standard InChI is InChI=1S/C13H19N3O4S/c1-20-8-13(2-4-14-5-3-13)12(19)15-6-10-16-9(7-21-10)11(17)18/h7,14H,2-6,8H2,1H3,(H,15,19)(H,17,18). The van der Waals surface area contributed by atoms with Crippen LogP contribution in [0.15, 0.2) is 5.38 Å². The molecule has 7 nitrogen and oxygen atoms in total. The lowest BCUT2D eigenvalue weighted by molar-refractivity contribution is -0.136. The first-order valence-corrected chi connectivity index (χ1v) is 7.61. The second kappa shape index (κ2) is 6.97. The average Bonchev–Trinajstić information content (AvgIpc) is 2.95. The number of carbonyl (C=O) groups excluding carboxylic acids is 1. The predicted octanol–water partition coefficient (Wildman–Crippen LogP) is 0.474. The van der Waals surface area contributed by atoms with E-state index < -0.39 is 11.4 Å². The normalized spacial score (nSPS) is 17.4. The van der Waals surface area contributed by atoms with Crippen LogP contribution in [0.5, 0.6) is 0 Å². The van der Waals surface area contributed by atoms with Gasteiger partial charge in [-0.25, -0.2) is 9.78 Å². The Labute approximate surface area is 126 Å². The number of carbonyl (C=O) groups is 2. The van der Waals surface area contributed by atoms with Crippen molar-refractivity contribution in [1.82, 2.24) is 15.6 Å². The molecule has 1 amide bonds. The van der Waals surface area contributed by atoms with Crippen LogP contribution in [0.25, 0.3) is 0 Å². The van der Waals surface area contributed by atoms with Crippen LogP contribution in [0.4, 0.5) is 0 Å². The van der Waals surface area contributed by atoms with E-state index in [0.29, 0.717) is 11.6 Å². The maximum absolute atomic E-state index is 12.5. The topological polar surface area (TPSA) is 101 Å². The fourth-order valence-corrected chi connectivity index (χ4v) is 3.16. The molecule has 1 aliphatic heterocycles. The molecule has 0 unspecified atom stereocenters. The molecule has 0 saturated carbocycles. The summed E-state index contributed by atoms with van der Waals surface area (Å²) in [5.41, 5.74) is -0.495. The summed E-state index contributed by atoms with van der Waals surface area (Å²) in [6, 6.07) is 0. The largest absolute Gasteiger partial charge is 0.476 e. The number of methoxy groups -OCH3 is 1. The van der Waals surface area contributed by atoms with Gasteiger partial charge in [0, 0.05) is 12.5 Å². The van der Waals surface area contributed by atoms with Gasteiger partial charge in [-0.15, -0.1) is 11.3 Å². The fourth-order valence-electron chi connectivity index (χ4n) is 2.45. The van der Waals surface area contributed by atoms with E-state index in [9.17, 15) is 9.59 Å². The van der Waals surface area contributed by atoms with E-state index in [-0.39, 0.29) is 18.1 Å². The third-order valence-corrected chi connectivity index (χ3v) is 4.48. The zero-order valence-corrected chi connectivity index (χ0v) is 12.7. The molecular formula is C13H19N3O4S. The van der Waals surface area contributed by atoms with Crippen LogP contribution in [0.2, 0.25) is 0 Å². The average molecular weight is 313 g/mol. The van der Waals surface area contributed by atoms with Crippen molar-refractivity contribution in [3.8, 4) is 0 Å². The van der Waals surface area contributed by atoms with Gasteiger partial charge in [0.15, 0.2) is 5.69 Å². The van der Waals surface area contributed by atoms with Gasteiger partial charge in [-0.1, -0.05) is 0 Å². The van der Waals surface area contributed by atoms with Crippen LogP contribution in [-0.2, 0) is 16.1 Å². The summed E-state index contributed by atoms with van der Waals surface area (Å²) < 4.78 is 5.21. The summed E-state index contributed by atoms with van der Waals surface area (Å²) in [6.07, 6.45) is 1.45. The first kappa shape index (κ1) is 15.9. The summed E-state index contributed by atoms with van der Waals surface area (Å²) in [4.78, 5) is 27.2. The molecule has 0 radical (unpaired) electrons. The van der Waals surface area contributed by atoms with Crippen LogP contribution < -0.4 is 10.6 Å². The Kier molecular flexibility index (Phi) is 5.27. The van der Waals surface area contributed by atoms with Crippen molar-refractivity contribution in [2.75, 3.05) is 26.8 Å². The minimum Gasteiger partial charge on any atom is -0.476 e. The summed E-state index contributed by atoms with van der Waals surface area (Å²) in [6.45, 7) is 2.21. The number of hydrogen-bond acceptors (Lipinski definition) is 6. The van der Waals surface area contributed by atoms with Gasteiger partial charge >= 0.3 is 5.97 Å². The molecular weight excluding hydrogens is 294 g/mol. The van der Waals surface area contributed by atoms with Crippen molar-refractivity contribution in [2.24, 2.45) is 5.41 Å². The highest BCUT2D eigenvalue weighted by Crippen LogP contribution is 2.29. The lowest BCUT2D eigenvalue weighted by Gasteiger charge is -2.35. The molecule has 0 aromatic carbocycles. The number of nitrogens with one attached hydrogen (secondary N) is 2. The minimum atomic E-state index is -1.06. The summed E-state index contributed by atoms with van der Waals surface area (Å²) in [5, 5.41) is 17.0. The molecule has 3 N–H and O–H groups in total. The van der Waals surface area contributed by atoms with Gasteiger partial charge in [0.25, 0.3) is 0 Å². The molecule has 1 aromatic heterocycles. The molecule has 21 heavy (non-hydrogen) atoms. The number of nitrogens with zero attached hydrogens (tertiary/aromatic N) is 1. The van der Waals surface area contributed by atoms with Crippen molar-refractivity contribution < 1.29 is 19.4 Å². The molecule has 0 aliphatic carbocycles. The van der Waals surface area contributed by atoms with E-state index >= 15 is 0 Å². The number of carboxylic acids is 1. The zero-order valence-electron chi connectivity index (χ0n) is 11.8. The SMILES string of the molecule is COCC1(C(=O)NCc2nc(C(=O)O)cs2)CCNCC1. The number of piperidine rings is 1. The molecule has 0 atom stereocenters. The van der Waals surface area contributed by atoms with E-state index in [4.69, 9.17) is 9.84 Å². The molecule has 1 aliphatic rings. The molecule has 2 heterocycles. The lowest BCUT2D eigenvalue weighted by Crippen LogP contribution is -2.49. The number of aromatic carboxylic acids is 1. The Balaban J connectivity index is 1.96. The number of thiazole rings is 1. The third-order valence-electron chi connectivity index (χ3n) is 3.63. The van der Waals surface area contributed by atoms with Crippen molar-refractivity contribution in [3.63, 3.8) is 0 Å². The van der Waals surface area contributed by atoms with Gasteiger partial charge < -0.3 is 20.5 Å². The van der Waals surface area contributed by atoms with E-state index in [0.717, 1.165) is 25.9 Å². The lowest BCUT2D eigenvalue weighted by atomic mass is 9.78. The minimum absolute atomic E-state index is 0.0118. The van der Waals surface area contributed by atoms with E-state index in [2.05, 4.69) is 15.6 Å². The van der Waals surface area contributed by atoms with Crippen LogP contribution in [0.3, 0.4) is 0 Å². The van der Waals surface area contributed by atoms with Crippen LogP contribution in [0.1, 0.15) is 28.3 Å².